The highest BCUT2D eigenvalue weighted by Gasteiger charge is 2.22. The standard InChI is InChI=1S/C10H9NO4S2/c1-7(12)8-3-2-4-9(5-8)15-10-11-17(13,14)6-16-10/h2-5H,6H2,1H3. The van der Waals surface area contributed by atoms with Crippen molar-refractivity contribution in [1.29, 1.82) is 0 Å². The van der Waals surface area contributed by atoms with Gasteiger partial charge in [-0.25, -0.2) is 8.42 Å². The van der Waals surface area contributed by atoms with E-state index < -0.39 is 10.0 Å². The molecular formula is C10H9NO4S2. The molecule has 1 aliphatic heterocycles. The summed E-state index contributed by atoms with van der Waals surface area (Å²) in [6.45, 7) is 1.45. The predicted molar refractivity (Wildman–Crippen MR) is 65.9 cm³/mol. The van der Waals surface area contributed by atoms with Crippen LogP contribution in [-0.2, 0) is 10.0 Å². The number of ether oxygens (including phenoxy) is 1. The first-order chi connectivity index (χ1) is 7.96. The van der Waals surface area contributed by atoms with Crippen molar-refractivity contribution >= 4 is 32.8 Å². The van der Waals surface area contributed by atoms with Gasteiger partial charge in [0.1, 0.15) is 10.8 Å². The lowest BCUT2D eigenvalue weighted by Crippen LogP contribution is -2.01. The Morgan fingerprint density at radius 3 is 2.82 bits per heavy atom. The van der Waals surface area contributed by atoms with Crippen LogP contribution in [0, 0.1) is 0 Å². The van der Waals surface area contributed by atoms with Crippen LogP contribution in [0.3, 0.4) is 0 Å². The molecule has 0 atom stereocenters. The average molecular weight is 271 g/mol. The maximum atomic E-state index is 11.2. The van der Waals surface area contributed by atoms with E-state index >= 15 is 0 Å². The Morgan fingerprint density at radius 1 is 1.47 bits per heavy atom. The number of benzene rings is 1. The molecule has 0 bridgehead atoms. The summed E-state index contributed by atoms with van der Waals surface area (Å²) in [7, 11) is -3.38. The number of sulfonamides is 1. The van der Waals surface area contributed by atoms with Crippen LogP contribution in [0.1, 0.15) is 17.3 Å². The number of thioether (sulfide) groups is 1. The maximum absolute atomic E-state index is 11.2. The fourth-order valence-corrected chi connectivity index (χ4v) is 3.40. The molecule has 1 aliphatic rings. The molecule has 0 spiro atoms. The number of hydrogen-bond acceptors (Lipinski definition) is 5. The van der Waals surface area contributed by atoms with E-state index in [1.165, 1.54) is 6.92 Å². The first-order valence-corrected chi connectivity index (χ1v) is 7.30. The van der Waals surface area contributed by atoms with Gasteiger partial charge >= 0.3 is 0 Å². The number of rotatable bonds is 2. The predicted octanol–water partition coefficient (Wildman–Crippen LogP) is 1.66. The lowest BCUT2D eigenvalue weighted by Gasteiger charge is -2.03. The van der Waals surface area contributed by atoms with Gasteiger partial charge in [-0.2, -0.15) is 0 Å². The van der Waals surface area contributed by atoms with Gasteiger partial charge in [-0.15, -0.1) is 4.40 Å². The number of carbonyl (C=O) groups is 1. The molecule has 7 heteroatoms. The van der Waals surface area contributed by atoms with E-state index in [-0.39, 0.29) is 16.1 Å². The van der Waals surface area contributed by atoms with Crippen molar-refractivity contribution in [3.8, 4) is 5.75 Å². The molecule has 0 unspecified atom stereocenters. The van der Waals surface area contributed by atoms with Gasteiger partial charge in [-0.3, -0.25) is 4.79 Å². The molecule has 0 aromatic heterocycles. The Hall–Kier alpha value is -1.34. The van der Waals surface area contributed by atoms with Crippen molar-refractivity contribution in [3.63, 3.8) is 0 Å². The molecule has 1 heterocycles. The summed E-state index contributed by atoms with van der Waals surface area (Å²) in [5.74, 6) is 0.324. The highest BCUT2D eigenvalue weighted by atomic mass is 32.3. The molecule has 0 saturated heterocycles. The Balaban J connectivity index is 2.20. The number of nitrogens with zero attached hydrogens (tertiary/aromatic N) is 1. The SMILES string of the molecule is CC(=O)c1cccc(OC2=NS(=O)(=O)CS2)c1. The highest BCUT2D eigenvalue weighted by molar-refractivity contribution is 8.24. The number of hydrogen-bond donors (Lipinski definition) is 0. The molecule has 0 N–H and O–H groups in total. The van der Waals surface area contributed by atoms with Gasteiger partial charge in [0, 0.05) is 5.56 Å². The minimum Gasteiger partial charge on any atom is -0.433 e. The second-order valence-electron chi connectivity index (χ2n) is 3.39. The van der Waals surface area contributed by atoms with Crippen LogP contribution in [0.15, 0.2) is 28.7 Å². The normalized spacial score (nSPS) is 17.6. The second kappa shape index (κ2) is 4.50. The third-order valence-electron chi connectivity index (χ3n) is 1.99. The summed E-state index contributed by atoms with van der Waals surface area (Å²) in [5.41, 5.74) is 0.508. The zero-order valence-electron chi connectivity index (χ0n) is 8.91. The van der Waals surface area contributed by atoms with E-state index in [0.717, 1.165) is 11.8 Å². The molecule has 2 rings (SSSR count). The quantitative estimate of drug-likeness (QED) is 0.765. The second-order valence-corrected chi connectivity index (χ2v) is 6.31. The molecule has 0 radical (unpaired) electrons. The van der Waals surface area contributed by atoms with Gasteiger partial charge in [-0.05, 0) is 30.8 Å². The third-order valence-corrected chi connectivity index (χ3v) is 4.63. The van der Waals surface area contributed by atoms with E-state index in [1.54, 1.807) is 24.3 Å². The van der Waals surface area contributed by atoms with E-state index in [9.17, 15) is 13.2 Å². The van der Waals surface area contributed by atoms with E-state index in [0.29, 0.717) is 11.3 Å². The van der Waals surface area contributed by atoms with Crippen LogP contribution in [0.2, 0.25) is 0 Å². The number of Topliss-reactive ketones (excluding diaryl/α,β-unsaturated/α-hetero) is 1. The lowest BCUT2D eigenvalue weighted by atomic mass is 10.1. The van der Waals surface area contributed by atoms with Crippen LogP contribution in [0.5, 0.6) is 5.75 Å². The summed E-state index contributed by atoms with van der Waals surface area (Å²) in [4.78, 5) is 11.2. The molecule has 5 nitrogen and oxygen atoms in total. The molecule has 0 fully saturated rings. The molecule has 1 aromatic carbocycles. The van der Waals surface area contributed by atoms with Gasteiger partial charge < -0.3 is 4.74 Å². The molecular weight excluding hydrogens is 262 g/mol. The van der Waals surface area contributed by atoms with Crippen molar-refractivity contribution < 1.29 is 17.9 Å². The first kappa shape index (κ1) is 12.1. The summed E-state index contributed by atoms with van der Waals surface area (Å²) < 4.78 is 30.8. The average Bonchev–Trinajstić information content (AvgIpc) is 2.58. The summed E-state index contributed by atoms with van der Waals surface area (Å²) >= 11 is 1.01. The van der Waals surface area contributed by atoms with Gasteiger partial charge in [0.05, 0.1) is 0 Å². The lowest BCUT2D eigenvalue weighted by molar-refractivity contribution is 0.101. The fourth-order valence-electron chi connectivity index (χ4n) is 1.22. The van der Waals surface area contributed by atoms with Crippen LogP contribution in [0.4, 0.5) is 0 Å². The van der Waals surface area contributed by atoms with Crippen LogP contribution < -0.4 is 4.74 Å². The zero-order valence-corrected chi connectivity index (χ0v) is 10.5. The topological polar surface area (TPSA) is 72.8 Å². The number of ketones is 1. The monoisotopic (exact) mass is 271 g/mol. The molecule has 17 heavy (non-hydrogen) atoms. The highest BCUT2D eigenvalue weighted by Crippen LogP contribution is 2.23. The largest absolute Gasteiger partial charge is 0.433 e. The minimum absolute atomic E-state index is 0.0796. The van der Waals surface area contributed by atoms with Gasteiger partial charge in [0.2, 0.25) is 0 Å². The maximum Gasteiger partial charge on any atom is 0.268 e. The van der Waals surface area contributed by atoms with Gasteiger partial charge in [-0.1, -0.05) is 12.1 Å². The smallest absolute Gasteiger partial charge is 0.268 e. The summed E-state index contributed by atoms with van der Waals surface area (Å²) in [5, 5.41) is -0.0138. The van der Waals surface area contributed by atoms with Crippen molar-refractivity contribution in [2.45, 2.75) is 6.92 Å². The van der Waals surface area contributed by atoms with Crippen molar-refractivity contribution in [2.24, 2.45) is 4.40 Å². The van der Waals surface area contributed by atoms with E-state index in [1.807, 2.05) is 0 Å². The Morgan fingerprint density at radius 2 is 2.24 bits per heavy atom. The van der Waals surface area contributed by atoms with Crippen LogP contribution >= 0.6 is 11.8 Å². The van der Waals surface area contributed by atoms with Crippen molar-refractivity contribution in [1.82, 2.24) is 0 Å². The molecule has 0 aliphatic carbocycles. The van der Waals surface area contributed by atoms with E-state index in [2.05, 4.69) is 4.40 Å². The van der Waals surface area contributed by atoms with Gasteiger partial charge in [0.15, 0.2) is 5.78 Å². The van der Waals surface area contributed by atoms with Gasteiger partial charge in [0.25, 0.3) is 15.3 Å². The van der Waals surface area contributed by atoms with Crippen LogP contribution in [0.25, 0.3) is 0 Å². The third kappa shape index (κ3) is 3.07. The van der Waals surface area contributed by atoms with Crippen molar-refractivity contribution in [3.05, 3.63) is 29.8 Å². The Bertz CT molecular complexity index is 592. The number of carbonyl (C=O) groups excluding carboxylic acids is 1. The minimum atomic E-state index is -3.38. The zero-order chi connectivity index (χ0) is 12.5. The van der Waals surface area contributed by atoms with Crippen molar-refractivity contribution in [2.75, 3.05) is 5.08 Å². The molecule has 1 aromatic rings. The molecule has 90 valence electrons. The Kier molecular flexibility index (Phi) is 3.21. The first-order valence-electron chi connectivity index (χ1n) is 4.70. The summed E-state index contributed by atoms with van der Waals surface area (Å²) in [6, 6.07) is 6.52. The fraction of sp³-hybridized carbons (Fsp3) is 0.200. The molecule has 0 amide bonds. The Labute approximate surface area is 103 Å². The van der Waals surface area contributed by atoms with E-state index in [4.69, 9.17) is 4.74 Å². The summed E-state index contributed by atoms with van der Waals surface area (Å²) in [6.07, 6.45) is 0. The molecule has 0 saturated carbocycles. The van der Waals surface area contributed by atoms with Crippen LogP contribution in [-0.4, -0.2) is 24.5 Å².